The molecule has 0 rings (SSSR count). The lowest BCUT2D eigenvalue weighted by molar-refractivity contribution is -0.145. The van der Waals surface area contributed by atoms with E-state index in [-0.39, 0.29) is 17.6 Å². The summed E-state index contributed by atoms with van der Waals surface area (Å²) in [7, 11) is 1.56. The second-order valence-electron chi connectivity index (χ2n) is 6.25. The standard InChI is InChI=1S/C15H27NO5S/c1-11(10-22-14(20)15(2,3)4)13(19)16(9-12(17)18)7-6-8-21-5/h11H,6-10H2,1-5H3,(H,17,18). The van der Waals surface area contributed by atoms with Crippen LogP contribution in [0.3, 0.4) is 0 Å². The number of aliphatic carboxylic acids is 1. The Hall–Kier alpha value is -1.08. The van der Waals surface area contributed by atoms with E-state index in [2.05, 4.69) is 0 Å². The van der Waals surface area contributed by atoms with Gasteiger partial charge in [0, 0.05) is 37.3 Å². The van der Waals surface area contributed by atoms with Gasteiger partial charge in [0.25, 0.3) is 0 Å². The fourth-order valence-electron chi connectivity index (χ4n) is 1.63. The van der Waals surface area contributed by atoms with Crippen molar-refractivity contribution >= 4 is 28.8 Å². The molecule has 0 radical (unpaired) electrons. The van der Waals surface area contributed by atoms with Crippen LogP contribution >= 0.6 is 11.8 Å². The molecule has 0 aliphatic carbocycles. The minimum atomic E-state index is -1.05. The molecule has 0 saturated carbocycles. The number of amides is 1. The lowest BCUT2D eigenvalue weighted by atomic mass is 10.00. The molecule has 0 aromatic rings. The van der Waals surface area contributed by atoms with E-state index in [1.807, 2.05) is 20.8 Å². The van der Waals surface area contributed by atoms with Crippen LogP contribution in [0, 0.1) is 11.3 Å². The summed E-state index contributed by atoms with van der Waals surface area (Å²) in [6.45, 7) is 7.68. The molecule has 0 aromatic heterocycles. The Balaban J connectivity index is 4.55. The second kappa shape index (κ2) is 9.84. The van der Waals surface area contributed by atoms with E-state index in [0.29, 0.717) is 25.3 Å². The maximum absolute atomic E-state index is 12.3. The number of carboxylic acid groups (broad SMARTS) is 1. The zero-order valence-corrected chi connectivity index (χ0v) is 14.9. The summed E-state index contributed by atoms with van der Waals surface area (Å²) in [5.41, 5.74) is -0.452. The largest absolute Gasteiger partial charge is 0.480 e. The van der Waals surface area contributed by atoms with E-state index in [4.69, 9.17) is 9.84 Å². The molecule has 128 valence electrons. The van der Waals surface area contributed by atoms with Crippen LogP contribution in [0.15, 0.2) is 0 Å². The summed E-state index contributed by atoms with van der Waals surface area (Å²) >= 11 is 1.13. The van der Waals surface area contributed by atoms with E-state index in [0.717, 1.165) is 11.8 Å². The van der Waals surface area contributed by atoms with Gasteiger partial charge in [-0.15, -0.1) is 0 Å². The van der Waals surface area contributed by atoms with Crippen LogP contribution in [0.1, 0.15) is 34.1 Å². The predicted octanol–water partition coefficient (Wildman–Crippen LogP) is 1.88. The molecule has 0 aliphatic rings. The maximum atomic E-state index is 12.3. The lowest BCUT2D eigenvalue weighted by Gasteiger charge is -2.24. The number of carboxylic acids is 1. The van der Waals surface area contributed by atoms with Gasteiger partial charge in [0.05, 0.1) is 0 Å². The molecule has 1 amide bonds. The van der Waals surface area contributed by atoms with Crippen LogP contribution in [0.25, 0.3) is 0 Å². The van der Waals surface area contributed by atoms with Crippen LogP contribution < -0.4 is 0 Å². The predicted molar refractivity (Wildman–Crippen MR) is 86.8 cm³/mol. The highest BCUT2D eigenvalue weighted by Crippen LogP contribution is 2.24. The Morgan fingerprint density at radius 1 is 1.27 bits per heavy atom. The monoisotopic (exact) mass is 333 g/mol. The zero-order chi connectivity index (χ0) is 17.3. The van der Waals surface area contributed by atoms with E-state index in [9.17, 15) is 14.4 Å². The summed E-state index contributed by atoms with van der Waals surface area (Å²) in [6.07, 6.45) is 0.580. The van der Waals surface area contributed by atoms with Gasteiger partial charge in [0.2, 0.25) is 5.91 Å². The smallest absolute Gasteiger partial charge is 0.323 e. The first kappa shape index (κ1) is 20.9. The SMILES string of the molecule is COCCCN(CC(=O)O)C(=O)C(C)CSC(=O)C(C)(C)C. The molecular formula is C15H27NO5S. The van der Waals surface area contributed by atoms with Crippen molar-refractivity contribution in [3.8, 4) is 0 Å². The van der Waals surface area contributed by atoms with Gasteiger partial charge in [0.1, 0.15) is 6.54 Å². The van der Waals surface area contributed by atoms with Gasteiger partial charge in [-0.3, -0.25) is 14.4 Å². The first-order chi connectivity index (χ1) is 10.1. The number of carbonyl (C=O) groups is 3. The summed E-state index contributed by atoms with van der Waals surface area (Å²) in [5, 5.41) is 8.94. The van der Waals surface area contributed by atoms with Gasteiger partial charge in [0.15, 0.2) is 5.12 Å². The summed E-state index contributed by atoms with van der Waals surface area (Å²) in [4.78, 5) is 36.4. The fourth-order valence-corrected chi connectivity index (χ4v) is 2.61. The molecule has 0 bridgehead atoms. The van der Waals surface area contributed by atoms with Gasteiger partial charge in [-0.05, 0) is 6.42 Å². The molecular weight excluding hydrogens is 306 g/mol. The third-order valence-corrected chi connectivity index (χ3v) is 4.45. The highest BCUT2D eigenvalue weighted by Gasteiger charge is 2.26. The van der Waals surface area contributed by atoms with E-state index >= 15 is 0 Å². The highest BCUT2D eigenvalue weighted by molar-refractivity contribution is 8.13. The van der Waals surface area contributed by atoms with Crippen molar-refractivity contribution in [2.45, 2.75) is 34.1 Å². The topological polar surface area (TPSA) is 83.9 Å². The summed E-state index contributed by atoms with van der Waals surface area (Å²) < 4.78 is 4.92. The van der Waals surface area contributed by atoms with Gasteiger partial charge in [-0.1, -0.05) is 39.5 Å². The Morgan fingerprint density at radius 2 is 1.86 bits per heavy atom. The highest BCUT2D eigenvalue weighted by atomic mass is 32.2. The molecule has 0 spiro atoms. The van der Waals surface area contributed by atoms with E-state index < -0.39 is 17.3 Å². The fraction of sp³-hybridized carbons (Fsp3) is 0.800. The Morgan fingerprint density at radius 3 is 2.32 bits per heavy atom. The third-order valence-electron chi connectivity index (χ3n) is 2.91. The molecule has 1 atom stereocenters. The van der Waals surface area contributed by atoms with Gasteiger partial charge in [-0.25, -0.2) is 0 Å². The van der Waals surface area contributed by atoms with Crippen LogP contribution in [0.5, 0.6) is 0 Å². The molecule has 0 aromatic carbocycles. The molecule has 22 heavy (non-hydrogen) atoms. The van der Waals surface area contributed by atoms with Crippen molar-refractivity contribution < 1.29 is 24.2 Å². The van der Waals surface area contributed by atoms with Crippen molar-refractivity contribution in [2.75, 3.05) is 32.6 Å². The number of rotatable bonds is 9. The minimum absolute atomic E-state index is 0.0244. The number of hydrogen-bond donors (Lipinski definition) is 1. The van der Waals surface area contributed by atoms with Crippen molar-refractivity contribution in [3.05, 3.63) is 0 Å². The first-order valence-corrected chi connectivity index (χ1v) is 8.25. The van der Waals surface area contributed by atoms with Crippen molar-refractivity contribution in [1.29, 1.82) is 0 Å². The van der Waals surface area contributed by atoms with Gasteiger partial charge < -0.3 is 14.7 Å². The summed E-state index contributed by atoms with van der Waals surface area (Å²) in [6, 6.07) is 0. The quantitative estimate of drug-likeness (QED) is 0.649. The normalized spacial score (nSPS) is 12.8. The maximum Gasteiger partial charge on any atom is 0.323 e. The van der Waals surface area contributed by atoms with Crippen LogP contribution in [0.2, 0.25) is 0 Å². The molecule has 0 aliphatic heterocycles. The number of carbonyl (C=O) groups excluding carboxylic acids is 2. The number of ether oxygens (including phenoxy) is 1. The van der Waals surface area contributed by atoms with Gasteiger partial charge >= 0.3 is 5.97 Å². The minimum Gasteiger partial charge on any atom is -0.480 e. The number of methoxy groups -OCH3 is 1. The Kier molecular flexibility index (Phi) is 9.36. The molecule has 0 fully saturated rings. The van der Waals surface area contributed by atoms with E-state index in [1.165, 1.54) is 4.90 Å². The number of thioether (sulfide) groups is 1. The lowest BCUT2D eigenvalue weighted by Crippen LogP contribution is -2.40. The first-order valence-electron chi connectivity index (χ1n) is 7.26. The average Bonchev–Trinajstić information content (AvgIpc) is 2.41. The molecule has 0 heterocycles. The molecule has 0 saturated heterocycles. The second-order valence-corrected chi connectivity index (χ2v) is 7.24. The molecule has 1 N–H and O–H groups in total. The Bertz CT molecular complexity index is 392. The third kappa shape index (κ3) is 8.38. The molecule has 6 nitrogen and oxygen atoms in total. The average molecular weight is 333 g/mol. The summed E-state index contributed by atoms with van der Waals surface area (Å²) in [5.74, 6) is -1.34. The molecule has 1 unspecified atom stereocenters. The zero-order valence-electron chi connectivity index (χ0n) is 14.0. The number of hydrogen-bond acceptors (Lipinski definition) is 5. The Labute approximate surface area is 136 Å². The van der Waals surface area contributed by atoms with Gasteiger partial charge in [-0.2, -0.15) is 0 Å². The molecule has 7 heteroatoms. The van der Waals surface area contributed by atoms with E-state index in [1.54, 1.807) is 14.0 Å². The van der Waals surface area contributed by atoms with Crippen LogP contribution in [0.4, 0.5) is 0 Å². The van der Waals surface area contributed by atoms with Crippen LogP contribution in [-0.4, -0.2) is 59.6 Å². The van der Waals surface area contributed by atoms with Crippen molar-refractivity contribution in [2.24, 2.45) is 11.3 Å². The number of nitrogens with zero attached hydrogens (tertiary/aromatic N) is 1. The van der Waals surface area contributed by atoms with Crippen molar-refractivity contribution in [1.82, 2.24) is 4.90 Å². The van der Waals surface area contributed by atoms with Crippen molar-refractivity contribution in [3.63, 3.8) is 0 Å². The van der Waals surface area contributed by atoms with Crippen LogP contribution in [-0.2, 0) is 19.1 Å².